The third kappa shape index (κ3) is 1.33. The number of benzene rings is 1. The lowest BCUT2D eigenvalue weighted by atomic mass is 9.84. The van der Waals surface area contributed by atoms with Crippen LogP contribution in [0.4, 0.5) is 0 Å². The molecule has 0 spiro atoms. The van der Waals surface area contributed by atoms with Crippen LogP contribution in [-0.2, 0) is 5.41 Å². The molecular weight excluding hydrogens is 184 g/mol. The fraction of sp³-hybridized carbons (Fsp3) is 0.571. The molecule has 1 saturated carbocycles. The first-order valence-electron chi connectivity index (χ1n) is 5.62. The van der Waals surface area contributed by atoms with Crippen LogP contribution in [0.2, 0.25) is 0 Å². The highest BCUT2D eigenvalue weighted by Crippen LogP contribution is 2.64. The van der Waals surface area contributed by atoms with Gasteiger partial charge in [-0.05, 0) is 42.4 Å². The second-order valence-electron chi connectivity index (χ2n) is 5.55. The van der Waals surface area contributed by atoms with Gasteiger partial charge in [0.2, 0.25) is 0 Å². The minimum atomic E-state index is 0.0170. The maximum Gasteiger partial charge on any atom is 0.0533 e. The van der Waals surface area contributed by atoms with E-state index < -0.39 is 0 Å². The predicted molar refractivity (Wildman–Crippen MR) is 63.1 cm³/mol. The Bertz CT molecular complexity index is 392. The minimum absolute atomic E-state index is 0.0170. The molecule has 1 unspecified atom stereocenters. The standard InChI is InChI=1S/C14H20O/c1-10-6-5-7-12(11(10)2)14(9-15)8-13(14,3)4/h5-7,15H,8-9H2,1-4H3. The van der Waals surface area contributed by atoms with Crippen molar-refractivity contribution in [2.24, 2.45) is 5.41 Å². The first-order valence-corrected chi connectivity index (χ1v) is 5.62. The molecule has 0 bridgehead atoms. The van der Waals surface area contributed by atoms with Crippen LogP contribution in [-0.4, -0.2) is 11.7 Å². The summed E-state index contributed by atoms with van der Waals surface area (Å²) in [5.41, 5.74) is 4.28. The predicted octanol–water partition coefficient (Wildman–Crippen LogP) is 2.96. The largest absolute Gasteiger partial charge is 0.395 e. The van der Waals surface area contributed by atoms with Gasteiger partial charge in [0.15, 0.2) is 0 Å². The minimum Gasteiger partial charge on any atom is -0.395 e. The average molecular weight is 204 g/mol. The summed E-state index contributed by atoms with van der Waals surface area (Å²) < 4.78 is 0. The molecule has 15 heavy (non-hydrogen) atoms. The molecule has 1 aliphatic carbocycles. The Morgan fingerprint density at radius 2 is 1.87 bits per heavy atom. The lowest BCUT2D eigenvalue weighted by Gasteiger charge is -2.21. The van der Waals surface area contributed by atoms with E-state index in [1.54, 1.807) is 0 Å². The Labute approximate surface area is 92.1 Å². The van der Waals surface area contributed by atoms with Gasteiger partial charge >= 0.3 is 0 Å². The smallest absolute Gasteiger partial charge is 0.0533 e. The second kappa shape index (κ2) is 3.08. The lowest BCUT2D eigenvalue weighted by molar-refractivity contribution is 0.231. The van der Waals surface area contributed by atoms with Crippen LogP contribution in [0.1, 0.15) is 37.0 Å². The van der Waals surface area contributed by atoms with E-state index in [0.717, 1.165) is 6.42 Å². The zero-order valence-electron chi connectivity index (χ0n) is 10.1. The summed E-state index contributed by atoms with van der Waals surface area (Å²) in [5, 5.41) is 9.66. The Kier molecular flexibility index (Phi) is 2.20. The molecule has 0 aromatic heterocycles. The van der Waals surface area contributed by atoms with Gasteiger partial charge in [-0.2, -0.15) is 0 Å². The van der Waals surface area contributed by atoms with Gasteiger partial charge in [-0.3, -0.25) is 0 Å². The summed E-state index contributed by atoms with van der Waals surface area (Å²) in [4.78, 5) is 0. The van der Waals surface area contributed by atoms with Crippen LogP contribution in [0.15, 0.2) is 18.2 Å². The van der Waals surface area contributed by atoms with Crippen LogP contribution in [0, 0.1) is 19.3 Å². The Balaban J connectivity index is 2.51. The zero-order chi connectivity index (χ0) is 11.3. The highest BCUT2D eigenvalue weighted by atomic mass is 16.3. The molecule has 1 aromatic rings. The Morgan fingerprint density at radius 1 is 1.27 bits per heavy atom. The van der Waals surface area contributed by atoms with E-state index in [1.807, 2.05) is 0 Å². The lowest BCUT2D eigenvalue weighted by Crippen LogP contribution is -2.20. The molecule has 1 N–H and O–H groups in total. The van der Waals surface area contributed by atoms with E-state index in [0.29, 0.717) is 0 Å². The van der Waals surface area contributed by atoms with Crippen molar-refractivity contribution < 1.29 is 5.11 Å². The fourth-order valence-electron chi connectivity index (χ4n) is 2.79. The van der Waals surface area contributed by atoms with Crippen molar-refractivity contribution in [3.05, 3.63) is 34.9 Å². The zero-order valence-corrected chi connectivity index (χ0v) is 10.1. The molecule has 1 nitrogen and oxygen atoms in total. The van der Waals surface area contributed by atoms with Gasteiger partial charge in [0.05, 0.1) is 6.61 Å². The van der Waals surface area contributed by atoms with Crippen LogP contribution >= 0.6 is 0 Å². The fourth-order valence-corrected chi connectivity index (χ4v) is 2.79. The highest BCUT2D eigenvalue weighted by Gasteiger charge is 2.61. The van der Waals surface area contributed by atoms with Crippen molar-refractivity contribution in [3.63, 3.8) is 0 Å². The van der Waals surface area contributed by atoms with E-state index in [2.05, 4.69) is 45.9 Å². The molecular formula is C14H20O. The number of aliphatic hydroxyl groups is 1. The normalized spacial score (nSPS) is 27.8. The summed E-state index contributed by atoms with van der Waals surface area (Å²) in [6.07, 6.45) is 1.10. The van der Waals surface area contributed by atoms with Gasteiger partial charge in [0, 0.05) is 5.41 Å². The number of aliphatic hydroxyl groups excluding tert-OH is 1. The summed E-state index contributed by atoms with van der Waals surface area (Å²) >= 11 is 0. The topological polar surface area (TPSA) is 20.2 Å². The van der Waals surface area contributed by atoms with Gasteiger partial charge in [-0.1, -0.05) is 32.0 Å². The van der Waals surface area contributed by atoms with Crippen molar-refractivity contribution in [2.45, 2.75) is 39.5 Å². The van der Waals surface area contributed by atoms with Crippen molar-refractivity contribution in [1.29, 1.82) is 0 Å². The Hall–Kier alpha value is -0.820. The molecule has 0 aliphatic heterocycles. The maximum atomic E-state index is 9.66. The van der Waals surface area contributed by atoms with Gasteiger partial charge in [-0.25, -0.2) is 0 Å². The molecule has 1 aliphatic rings. The SMILES string of the molecule is Cc1cccc(C2(CO)CC2(C)C)c1C. The highest BCUT2D eigenvalue weighted by molar-refractivity contribution is 5.45. The molecule has 1 heteroatoms. The van der Waals surface area contributed by atoms with E-state index in [4.69, 9.17) is 0 Å². The van der Waals surface area contributed by atoms with Gasteiger partial charge in [0.25, 0.3) is 0 Å². The third-order valence-corrected chi connectivity index (χ3v) is 4.30. The third-order valence-electron chi connectivity index (χ3n) is 4.30. The van der Waals surface area contributed by atoms with Gasteiger partial charge in [0.1, 0.15) is 0 Å². The summed E-state index contributed by atoms with van der Waals surface area (Å²) in [7, 11) is 0. The van der Waals surface area contributed by atoms with Crippen molar-refractivity contribution in [2.75, 3.05) is 6.61 Å². The summed E-state index contributed by atoms with van der Waals surface area (Å²) in [6.45, 7) is 9.05. The Morgan fingerprint density at radius 3 is 2.33 bits per heavy atom. The van der Waals surface area contributed by atoms with Crippen molar-refractivity contribution in [1.82, 2.24) is 0 Å². The maximum absolute atomic E-state index is 9.66. The monoisotopic (exact) mass is 204 g/mol. The van der Waals surface area contributed by atoms with E-state index in [-0.39, 0.29) is 17.4 Å². The van der Waals surface area contributed by atoms with Crippen LogP contribution in [0.25, 0.3) is 0 Å². The first kappa shape index (κ1) is 10.7. The molecule has 0 saturated heterocycles. The molecule has 1 atom stereocenters. The number of rotatable bonds is 2. The molecule has 1 fully saturated rings. The number of hydrogen-bond donors (Lipinski definition) is 1. The molecule has 1 aromatic carbocycles. The first-order chi connectivity index (χ1) is 6.94. The van der Waals surface area contributed by atoms with Gasteiger partial charge in [-0.15, -0.1) is 0 Å². The van der Waals surface area contributed by atoms with E-state index >= 15 is 0 Å². The van der Waals surface area contributed by atoms with Crippen LogP contribution in [0.3, 0.4) is 0 Å². The van der Waals surface area contributed by atoms with Gasteiger partial charge < -0.3 is 5.11 Å². The van der Waals surface area contributed by atoms with E-state index in [9.17, 15) is 5.11 Å². The molecule has 0 heterocycles. The number of aryl methyl sites for hydroxylation is 1. The van der Waals surface area contributed by atoms with Crippen molar-refractivity contribution >= 4 is 0 Å². The quantitative estimate of drug-likeness (QED) is 0.785. The second-order valence-corrected chi connectivity index (χ2v) is 5.55. The summed E-state index contributed by atoms with van der Waals surface area (Å²) in [6, 6.07) is 6.41. The molecule has 2 rings (SSSR count). The van der Waals surface area contributed by atoms with Crippen LogP contribution < -0.4 is 0 Å². The van der Waals surface area contributed by atoms with E-state index in [1.165, 1.54) is 16.7 Å². The molecule has 82 valence electrons. The van der Waals surface area contributed by atoms with Crippen LogP contribution in [0.5, 0.6) is 0 Å². The molecule has 0 radical (unpaired) electrons. The average Bonchev–Trinajstić information content (AvgIpc) is 2.74. The molecule has 0 amide bonds. The number of hydrogen-bond acceptors (Lipinski definition) is 1. The van der Waals surface area contributed by atoms with Crippen molar-refractivity contribution in [3.8, 4) is 0 Å². The summed E-state index contributed by atoms with van der Waals surface area (Å²) in [5.74, 6) is 0.